The van der Waals surface area contributed by atoms with E-state index in [-0.39, 0.29) is 18.2 Å². The molecule has 4 heterocycles. The summed E-state index contributed by atoms with van der Waals surface area (Å²) < 4.78 is 7.41. The number of nitrogens with one attached hydrogen (secondary N) is 3. The van der Waals surface area contributed by atoms with Crippen molar-refractivity contribution >= 4 is 50.1 Å². The number of hydrogen-bond acceptors (Lipinski definition) is 8. The van der Waals surface area contributed by atoms with Crippen molar-refractivity contribution in [3.05, 3.63) is 77.6 Å². The molecule has 0 unspecified atom stereocenters. The van der Waals surface area contributed by atoms with Crippen molar-refractivity contribution < 1.29 is 9.53 Å². The van der Waals surface area contributed by atoms with Gasteiger partial charge in [0.1, 0.15) is 23.1 Å². The molecule has 0 radical (unpaired) electrons. The number of nitrogens with zero attached hydrogens (tertiary/aromatic N) is 4. The molecule has 2 aromatic carbocycles. The highest BCUT2D eigenvalue weighted by Gasteiger charge is 2.25. The normalized spacial score (nSPS) is 16.6. The SMILES string of the molecule is CCNC(=O)O[C@@H]1CN[C@H](C#Cc2cc3c(Nc4ccc5c(cnn5Cc5ccccc5)c4)ncnc3s2)C1. The maximum absolute atomic E-state index is 11.7. The van der Waals surface area contributed by atoms with Crippen molar-refractivity contribution in [1.82, 2.24) is 30.4 Å². The molecule has 1 saturated heterocycles. The molecular formula is C29H27N7O2S. The Labute approximate surface area is 229 Å². The second kappa shape index (κ2) is 11.1. The van der Waals surface area contributed by atoms with Gasteiger partial charge in [-0.05, 0) is 36.8 Å². The summed E-state index contributed by atoms with van der Waals surface area (Å²) >= 11 is 1.53. The molecule has 2 atom stereocenters. The largest absolute Gasteiger partial charge is 0.445 e. The number of carbonyl (C=O) groups excluding carboxylic acids is 1. The van der Waals surface area contributed by atoms with Crippen LogP contribution in [0.3, 0.4) is 0 Å². The number of fused-ring (bicyclic) bond motifs is 2. The molecule has 0 aliphatic carbocycles. The maximum Gasteiger partial charge on any atom is 0.407 e. The van der Waals surface area contributed by atoms with Crippen molar-refractivity contribution in [2.75, 3.05) is 18.4 Å². The molecular weight excluding hydrogens is 510 g/mol. The zero-order valence-corrected chi connectivity index (χ0v) is 22.2. The number of benzene rings is 2. The molecule has 5 aromatic rings. The Kier molecular flexibility index (Phi) is 7.08. The van der Waals surface area contributed by atoms with Crippen molar-refractivity contribution in [3.63, 3.8) is 0 Å². The highest BCUT2D eigenvalue weighted by molar-refractivity contribution is 7.19. The summed E-state index contributed by atoms with van der Waals surface area (Å²) in [5.41, 5.74) is 3.21. The quantitative estimate of drug-likeness (QED) is 0.271. The maximum atomic E-state index is 11.7. The molecule has 10 heteroatoms. The van der Waals surface area contributed by atoms with Crippen molar-refractivity contribution in [2.45, 2.75) is 32.0 Å². The van der Waals surface area contributed by atoms with E-state index in [4.69, 9.17) is 4.74 Å². The fourth-order valence-corrected chi connectivity index (χ4v) is 5.46. The molecule has 196 valence electrons. The molecule has 39 heavy (non-hydrogen) atoms. The smallest absolute Gasteiger partial charge is 0.407 e. The first-order chi connectivity index (χ1) is 19.1. The van der Waals surface area contributed by atoms with Crippen molar-refractivity contribution in [1.29, 1.82) is 0 Å². The van der Waals surface area contributed by atoms with Gasteiger partial charge in [-0.1, -0.05) is 42.2 Å². The fraction of sp³-hybridized carbons (Fsp3) is 0.241. The molecule has 1 aliphatic rings. The minimum absolute atomic E-state index is 0.0344. The van der Waals surface area contributed by atoms with Crippen LogP contribution in [0.2, 0.25) is 0 Å². The minimum Gasteiger partial charge on any atom is -0.445 e. The van der Waals surface area contributed by atoms with Gasteiger partial charge in [0, 0.05) is 30.6 Å². The predicted molar refractivity (Wildman–Crippen MR) is 153 cm³/mol. The number of alkyl carbamates (subject to hydrolysis) is 1. The third kappa shape index (κ3) is 5.70. The first kappa shape index (κ1) is 24.9. The average molecular weight is 538 g/mol. The lowest BCUT2D eigenvalue weighted by atomic mass is 10.2. The molecule has 1 fully saturated rings. The van der Waals surface area contributed by atoms with E-state index in [9.17, 15) is 4.79 Å². The van der Waals surface area contributed by atoms with Crippen molar-refractivity contribution in [3.8, 4) is 11.8 Å². The van der Waals surface area contributed by atoms with Crippen LogP contribution in [0.15, 0.2) is 67.1 Å². The second-order valence-electron chi connectivity index (χ2n) is 9.26. The van der Waals surface area contributed by atoms with Crippen LogP contribution in [-0.2, 0) is 11.3 Å². The lowest BCUT2D eigenvalue weighted by molar-refractivity contribution is 0.107. The number of amides is 1. The topological polar surface area (TPSA) is 106 Å². The molecule has 1 aliphatic heterocycles. The summed E-state index contributed by atoms with van der Waals surface area (Å²) in [7, 11) is 0. The van der Waals surface area contributed by atoms with Gasteiger partial charge in [0.2, 0.25) is 0 Å². The predicted octanol–water partition coefficient (Wildman–Crippen LogP) is 4.66. The number of thiophene rings is 1. The standard InChI is InChI=1S/C29H27N7O2S/c1-2-30-29(37)38-23-13-21(31-16-23)8-10-24-14-25-27(32-18-33-28(25)39-24)35-22-9-11-26-20(12-22)15-34-36(26)17-19-6-4-3-5-7-19/h3-7,9,11-12,14-15,18,21,23,31H,2,13,16-17H2,1H3,(H,30,37)(H,32,33,35)/t21-,23+/m1/s1. The lowest BCUT2D eigenvalue weighted by Gasteiger charge is -2.10. The van der Waals surface area contributed by atoms with E-state index in [1.54, 1.807) is 6.33 Å². The molecule has 1 amide bonds. The van der Waals surface area contributed by atoms with Gasteiger partial charge >= 0.3 is 6.09 Å². The zero-order chi connectivity index (χ0) is 26.6. The highest BCUT2D eigenvalue weighted by atomic mass is 32.1. The van der Waals surface area contributed by atoms with E-state index in [0.717, 1.165) is 44.0 Å². The highest BCUT2D eigenvalue weighted by Crippen LogP contribution is 2.30. The van der Waals surface area contributed by atoms with Crippen LogP contribution in [0, 0.1) is 11.8 Å². The Balaban J connectivity index is 1.16. The van der Waals surface area contributed by atoms with E-state index in [0.29, 0.717) is 19.5 Å². The molecule has 0 saturated carbocycles. The lowest BCUT2D eigenvalue weighted by Crippen LogP contribution is -2.29. The molecule has 0 bridgehead atoms. The van der Waals surface area contributed by atoms with Crippen LogP contribution in [0.4, 0.5) is 16.3 Å². The second-order valence-corrected chi connectivity index (χ2v) is 10.3. The fourth-order valence-electron chi connectivity index (χ4n) is 4.60. The molecule has 3 N–H and O–H groups in total. The van der Waals surface area contributed by atoms with E-state index in [1.807, 2.05) is 48.1 Å². The third-order valence-electron chi connectivity index (χ3n) is 6.46. The Morgan fingerprint density at radius 3 is 2.97 bits per heavy atom. The van der Waals surface area contributed by atoms with Gasteiger partial charge in [-0.2, -0.15) is 5.10 Å². The Morgan fingerprint density at radius 1 is 1.21 bits per heavy atom. The van der Waals surface area contributed by atoms with Crippen LogP contribution >= 0.6 is 11.3 Å². The van der Waals surface area contributed by atoms with Gasteiger partial charge in [0.25, 0.3) is 0 Å². The first-order valence-corrected chi connectivity index (χ1v) is 13.7. The van der Waals surface area contributed by atoms with Crippen LogP contribution < -0.4 is 16.0 Å². The summed E-state index contributed by atoms with van der Waals surface area (Å²) in [6.07, 6.45) is 3.55. The average Bonchev–Trinajstić information content (AvgIpc) is 3.67. The Morgan fingerprint density at radius 2 is 2.10 bits per heavy atom. The summed E-state index contributed by atoms with van der Waals surface area (Å²) in [4.78, 5) is 22.4. The van der Waals surface area contributed by atoms with Crippen molar-refractivity contribution in [2.24, 2.45) is 0 Å². The molecule has 3 aromatic heterocycles. The summed E-state index contributed by atoms with van der Waals surface area (Å²) in [5, 5.41) is 16.0. The van der Waals surface area contributed by atoms with E-state index >= 15 is 0 Å². The minimum atomic E-state index is -0.388. The Bertz CT molecular complexity index is 1690. The van der Waals surface area contributed by atoms with Gasteiger partial charge in [-0.25, -0.2) is 14.8 Å². The number of carbonyl (C=O) groups is 1. The van der Waals surface area contributed by atoms with Gasteiger partial charge in [0.15, 0.2) is 0 Å². The number of ether oxygens (including phenoxy) is 1. The molecule has 0 spiro atoms. The van der Waals surface area contributed by atoms with E-state index in [1.165, 1.54) is 16.9 Å². The summed E-state index contributed by atoms with van der Waals surface area (Å²) in [6.45, 7) is 3.72. The van der Waals surface area contributed by atoms with Crippen LogP contribution in [-0.4, -0.2) is 51.1 Å². The number of rotatable bonds is 6. The van der Waals surface area contributed by atoms with E-state index in [2.05, 4.69) is 67.1 Å². The zero-order valence-electron chi connectivity index (χ0n) is 21.3. The van der Waals surface area contributed by atoms with E-state index < -0.39 is 0 Å². The summed E-state index contributed by atoms with van der Waals surface area (Å²) in [5.74, 6) is 7.25. The van der Waals surface area contributed by atoms with Gasteiger partial charge in [0.05, 0.1) is 34.6 Å². The third-order valence-corrected chi connectivity index (χ3v) is 7.42. The number of anilines is 2. The monoisotopic (exact) mass is 537 g/mol. The van der Waals surface area contributed by atoms with Crippen LogP contribution in [0.25, 0.3) is 21.1 Å². The van der Waals surface area contributed by atoms with Gasteiger partial charge in [-0.15, -0.1) is 11.3 Å². The van der Waals surface area contributed by atoms with Gasteiger partial charge in [-0.3, -0.25) is 10.00 Å². The Hall–Kier alpha value is -4.46. The molecule has 6 rings (SSSR count). The number of hydrogen-bond donors (Lipinski definition) is 3. The molecule has 9 nitrogen and oxygen atoms in total. The van der Waals surface area contributed by atoms with Crippen LogP contribution in [0.1, 0.15) is 23.8 Å². The summed E-state index contributed by atoms with van der Waals surface area (Å²) in [6, 6.07) is 18.5. The first-order valence-electron chi connectivity index (χ1n) is 12.8. The van der Waals surface area contributed by atoms with Crippen LogP contribution in [0.5, 0.6) is 0 Å². The number of aromatic nitrogens is 4. The van der Waals surface area contributed by atoms with Gasteiger partial charge < -0.3 is 15.4 Å².